The molecule has 0 spiro atoms. The summed E-state index contributed by atoms with van der Waals surface area (Å²) < 4.78 is 24.0. The van der Waals surface area contributed by atoms with Crippen molar-refractivity contribution in [2.24, 2.45) is 0 Å². The molecule has 0 bridgehead atoms. The van der Waals surface area contributed by atoms with Crippen LogP contribution in [0.2, 0.25) is 0 Å². The van der Waals surface area contributed by atoms with Gasteiger partial charge in [-0.15, -0.1) is 11.3 Å². The molecular formula is C46H53N5O8S. The van der Waals surface area contributed by atoms with Gasteiger partial charge < -0.3 is 49.6 Å². The minimum Gasteiger partial charge on any atom is -0.508 e. The van der Waals surface area contributed by atoms with Crippen LogP contribution in [-0.2, 0) is 38.3 Å². The van der Waals surface area contributed by atoms with Crippen molar-refractivity contribution in [2.45, 2.75) is 58.2 Å². The number of aryl methyl sites for hydroxylation is 2. The zero-order valence-electron chi connectivity index (χ0n) is 34.3. The maximum absolute atomic E-state index is 12.9. The molecule has 0 radical (unpaired) electrons. The van der Waals surface area contributed by atoms with Gasteiger partial charge in [-0.05, 0) is 105 Å². The highest BCUT2D eigenvalue weighted by Gasteiger charge is 2.33. The standard InChI is InChI=1S/C46H53N5O8S/c1-46(2,3)59-45(55)48-19-22-57-24-26-58-25-23-56-21-18-47-44(54)40-16-14-33(60-40)29-51-20-17-31-12-11-30(27-39(31)51)7-6-10-38-41(35-8-4-5-9-37(35)49-38)42-36-28-32(52)13-15-34(36)43(53)50-42/h4-5,8-9,11-17,20,27-28,42,49,52H,6-7,10,18-19,21-26,29H2,1-3H3,(H,47,54)(H,48,55)(H,50,53). The lowest BCUT2D eigenvalue weighted by molar-refractivity contribution is 0.0146. The van der Waals surface area contributed by atoms with Crippen molar-refractivity contribution in [3.63, 3.8) is 0 Å². The molecule has 13 nitrogen and oxygen atoms in total. The van der Waals surface area contributed by atoms with Gasteiger partial charge in [0.25, 0.3) is 11.8 Å². The SMILES string of the molecule is CC(C)(C)OC(=O)NCCOCCOCCOCCNC(=O)c1ccc(Cn2ccc3ccc(CCCc4[nH]c5ccccc5c4C4NC(=O)c5ccc(O)cc54)cc32)s1. The van der Waals surface area contributed by atoms with Crippen LogP contribution in [0, 0.1) is 0 Å². The van der Waals surface area contributed by atoms with Gasteiger partial charge in [-0.1, -0.05) is 30.3 Å². The fourth-order valence-corrected chi connectivity index (χ4v) is 8.33. The van der Waals surface area contributed by atoms with Crippen molar-refractivity contribution in [2.75, 3.05) is 52.7 Å². The Morgan fingerprint density at radius 3 is 2.38 bits per heavy atom. The second-order valence-electron chi connectivity index (χ2n) is 15.7. The Balaban J connectivity index is 0.835. The molecule has 0 saturated heterocycles. The first kappa shape index (κ1) is 42.5. The maximum atomic E-state index is 12.9. The predicted molar refractivity (Wildman–Crippen MR) is 232 cm³/mol. The van der Waals surface area contributed by atoms with E-state index >= 15 is 0 Å². The molecule has 0 aliphatic carbocycles. The van der Waals surface area contributed by atoms with Crippen LogP contribution in [0.1, 0.15) is 80.5 Å². The second-order valence-corrected chi connectivity index (χ2v) is 16.9. The molecule has 1 aliphatic heterocycles. The second kappa shape index (κ2) is 19.6. The molecule has 0 fully saturated rings. The van der Waals surface area contributed by atoms with Gasteiger partial charge >= 0.3 is 6.09 Å². The first-order valence-corrected chi connectivity index (χ1v) is 21.2. The van der Waals surface area contributed by atoms with Gasteiger partial charge in [0.1, 0.15) is 11.4 Å². The minimum atomic E-state index is -0.534. The number of nitrogens with one attached hydrogen (secondary N) is 4. The van der Waals surface area contributed by atoms with Crippen molar-refractivity contribution >= 4 is 51.1 Å². The fourth-order valence-electron chi connectivity index (χ4n) is 7.41. The third-order valence-corrected chi connectivity index (χ3v) is 11.2. The van der Waals surface area contributed by atoms with E-state index in [1.807, 2.05) is 45.0 Å². The fraction of sp³-hybridized carbons (Fsp3) is 0.370. The Labute approximate surface area is 353 Å². The number of carbonyl (C=O) groups is 3. The number of hydrogen-bond acceptors (Lipinski definition) is 9. The van der Waals surface area contributed by atoms with Crippen LogP contribution in [0.25, 0.3) is 21.8 Å². The number of hydrogen-bond donors (Lipinski definition) is 5. The lowest BCUT2D eigenvalue weighted by atomic mass is 9.94. The quantitative estimate of drug-likeness (QED) is 0.0502. The number of phenols is 1. The van der Waals surface area contributed by atoms with E-state index in [2.05, 4.69) is 68.1 Å². The summed E-state index contributed by atoms with van der Waals surface area (Å²) in [4.78, 5) is 42.7. The number of para-hydroxylation sites is 1. The molecule has 3 aromatic carbocycles. The number of phenolic OH excluding ortho intramolecular Hbond substituents is 1. The van der Waals surface area contributed by atoms with Gasteiger partial charge in [0.15, 0.2) is 0 Å². The van der Waals surface area contributed by atoms with E-state index in [-0.39, 0.29) is 23.6 Å². The number of benzene rings is 3. The summed E-state index contributed by atoms with van der Waals surface area (Å²) in [7, 11) is 0. The first-order valence-electron chi connectivity index (χ1n) is 20.4. The molecule has 3 amide bonds. The number of aromatic nitrogens is 2. The topological polar surface area (TPSA) is 165 Å². The normalized spacial score (nSPS) is 13.8. The molecule has 3 aromatic heterocycles. The zero-order valence-corrected chi connectivity index (χ0v) is 35.1. The Morgan fingerprint density at radius 1 is 0.850 bits per heavy atom. The van der Waals surface area contributed by atoms with E-state index in [1.165, 1.54) is 16.9 Å². The van der Waals surface area contributed by atoms with Gasteiger partial charge in [-0.25, -0.2) is 4.79 Å². The van der Waals surface area contributed by atoms with Crippen LogP contribution >= 0.6 is 11.3 Å². The largest absolute Gasteiger partial charge is 0.508 e. The van der Waals surface area contributed by atoms with E-state index in [0.717, 1.165) is 62.8 Å². The lowest BCUT2D eigenvalue weighted by Gasteiger charge is -2.19. The Morgan fingerprint density at radius 2 is 1.60 bits per heavy atom. The third kappa shape index (κ3) is 10.9. The van der Waals surface area contributed by atoms with Crippen molar-refractivity contribution in [1.82, 2.24) is 25.5 Å². The molecule has 14 heteroatoms. The van der Waals surface area contributed by atoms with E-state index in [4.69, 9.17) is 18.9 Å². The smallest absolute Gasteiger partial charge is 0.407 e. The highest BCUT2D eigenvalue weighted by molar-refractivity contribution is 7.14. The predicted octanol–water partition coefficient (Wildman–Crippen LogP) is 7.25. The average Bonchev–Trinajstić information content (AvgIpc) is 4.00. The third-order valence-electron chi connectivity index (χ3n) is 10.1. The average molecular weight is 836 g/mol. The molecule has 5 N–H and O–H groups in total. The highest BCUT2D eigenvalue weighted by Crippen LogP contribution is 2.39. The van der Waals surface area contributed by atoms with Crippen molar-refractivity contribution in [1.29, 1.82) is 0 Å². The number of ether oxygens (including phenoxy) is 4. The number of alkyl carbamates (subject to hydrolysis) is 1. The molecule has 6 aromatic rings. The van der Waals surface area contributed by atoms with Crippen molar-refractivity contribution in [3.05, 3.63) is 123 Å². The number of carbonyl (C=O) groups excluding carboxylic acids is 3. The summed E-state index contributed by atoms with van der Waals surface area (Å²) >= 11 is 1.49. The number of fused-ring (bicyclic) bond motifs is 3. The number of H-pyrrole nitrogens is 1. The number of thiophene rings is 1. The van der Waals surface area contributed by atoms with Gasteiger partial charge in [0.2, 0.25) is 0 Å². The van der Waals surface area contributed by atoms with E-state index < -0.39 is 11.7 Å². The van der Waals surface area contributed by atoms with Crippen LogP contribution < -0.4 is 16.0 Å². The van der Waals surface area contributed by atoms with Crippen LogP contribution in [0.15, 0.2) is 85.1 Å². The Hall–Kier alpha value is -5.67. The van der Waals surface area contributed by atoms with Crippen LogP contribution in [-0.4, -0.2) is 90.9 Å². The summed E-state index contributed by atoms with van der Waals surface area (Å²) in [5.41, 5.74) is 6.39. The minimum absolute atomic E-state index is 0.125. The Kier molecular flexibility index (Phi) is 13.9. The van der Waals surface area contributed by atoms with Crippen LogP contribution in [0.3, 0.4) is 0 Å². The lowest BCUT2D eigenvalue weighted by Crippen LogP contribution is -2.34. The summed E-state index contributed by atoms with van der Waals surface area (Å²) in [5, 5.41) is 21.2. The molecule has 0 saturated carbocycles. The number of nitrogens with zero attached hydrogens (tertiary/aromatic N) is 1. The number of amides is 3. The molecule has 1 unspecified atom stereocenters. The Bertz CT molecular complexity index is 2430. The molecule has 1 aliphatic rings. The first-order chi connectivity index (χ1) is 29.0. The van der Waals surface area contributed by atoms with Gasteiger partial charge in [0.05, 0.1) is 57.1 Å². The van der Waals surface area contributed by atoms with Crippen LogP contribution in [0.5, 0.6) is 5.75 Å². The number of aromatic hydroxyl groups is 1. The van der Waals surface area contributed by atoms with E-state index in [1.54, 1.807) is 18.2 Å². The molecule has 4 heterocycles. The van der Waals surface area contributed by atoms with Gasteiger partial charge in [-0.2, -0.15) is 0 Å². The van der Waals surface area contributed by atoms with Crippen molar-refractivity contribution in [3.8, 4) is 5.75 Å². The molecule has 1 atom stereocenters. The van der Waals surface area contributed by atoms with Crippen molar-refractivity contribution < 1.29 is 38.4 Å². The molecule has 60 heavy (non-hydrogen) atoms. The number of aromatic amines is 1. The summed E-state index contributed by atoms with van der Waals surface area (Å²) in [6.07, 6.45) is 4.19. The molecule has 316 valence electrons. The van der Waals surface area contributed by atoms with E-state index in [9.17, 15) is 19.5 Å². The molecular weight excluding hydrogens is 783 g/mol. The van der Waals surface area contributed by atoms with Gasteiger partial charge in [-0.3, -0.25) is 9.59 Å². The van der Waals surface area contributed by atoms with Gasteiger partial charge in [0, 0.05) is 57.4 Å². The highest BCUT2D eigenvalue weighted by atomic mass is 32.1. The summed E-state index contributed by atoms with van der Waals surface area (Å²) in [5.74, 6) is -0.114. The summed E-state index contributed by atoms with van der Waals surface area (Å²) in [6.45, 7) is 9.21. The van der Waals surface area contributed by atoms with E-state index in [0.29, 0.717) is 69.7 Å². The maximum Gasteiger partial charge on any atom is 0.407 e. The number of rotatable bonds is 20. The monoisotopic (exact) mass is 835 g/mol. The van der Waals surface area contributed by atoms with Crippen LogP contribution in [0.4, 0.5) is 4.79 Å². The summed E-state index contributed by atoms with van der Waals surface area (Å²) in [6, 6.07) is 25.4. The zero-order chi connectivity index (χ0) is 42.1. The molecule has 7 rings (SSSR count).